The van der Waals surface area contributed by atoms with Gasteiger partial charge in [-0.3, -0.25) is 4.79 Å². The molecule has 0 aliphatic heterocycles. The van der Waals surface area contributed by atoms with Crippen molar-refractivity contribution in [3.05, 3.63) is 0 Å². The Morgan fingerprint density at radius 2 is 1.93 bits per heavy atom. The van der Waals surface area contributed by atoms with Gasteiger partial charge in [0.2, 0.25) is 0 Å². The van der Waals surface area contributed by atoms with Crippen molar-refractivity contribution in [1.29, 1.82) is 0 Å². The van der Waals surface area contributed by atoms with Crippen molar-refractivity contribution in [3.63, 3.8) is 0 Å². The van der Waals surface area contributed by atoms with Gasteiger partial charge in [-0.2, -0.15) is 0 Å². The molecule has 1 amide bonds. The van der Waals surface area contributed by atoms with E-state index >= 15 is 0 Å². The number of carbonyl (C=O) groups is 1. The summed E-state index contributed by atoms with van der Waals surface area (Å²) in [5, 5.41) is 19.0. The maximum absolute atomic E-state index is 11.9. The lowest BCUT2D eigenvalue weighted by Gasteiger charge is -2.38. The van der Waals surface area contributed by atoms with Gasteiger partial charge in [0.15, 0.2) is 0 Å². The van der Waals surface area contributed by atoms with Crippen molar-refractivity contribution in [2.75, 3.05) is 20.2 Å². The van der Waals surface area contributed by atoms with Crippen LogP contribution >= 0.6 is 0 Å². The quantitative estimate of drug-likeness (QED) is 0.698. The lowest BCUT2D eigenvalue weighted by Crippen LogP contribution is -2.53. The van der Waals surface area contributed by atoms with E-state index in [2.05, 4.69) is 0 Å². The third-order valence-electron chi connectivity index (χ3n) is 3.79. The second-order valence-electron chi connectivity index (χ2n) is 5.20. The van der Waals surface area contributed by atoms with E-state index in [0.717, 1.165) is 19.3 Å². The highest BCUT2D eigenvalue weighted by Crippen LogP contribution is 2.46. The van der Waals surface area contributed by atoms with E-state index in [1.54, 1.807) is 11.9 Å². The van der Waals surface area contributed by atoms with Gasteiger partial charge in [-0.25, -0.2) is 0 Å². The number of nitrogens with zero attached hydrogens (tertiary/aromatic N) is 1. The summed E-state index contributed by atoms with van der Waals surface area (Å²) < 4.78 is 0. The molecule has 0 aromatic heterocycles. The summed E-state index contributed by atoms with van der Waals surface area (Å²) >= 11 is 0. The summed E-state index contributed by atoms with van der Waals surface area (Å²) in [6.45, 7) is 0.716. The molecule has 0 saturated heterocycles. The molecule has 2 rings (SSSR count). The van der Waals surface area contributed by atoms with Crippen LogP contribution in [0.1, 0.15) is 32.1 Å². The molecule has 0 radical (unpaired) electrons. The van der Waals surface area contributed by atoms with E-state index in [-0.39, 0.29) is 17.9 Å². The SMILES string of the molecule is CN(CC1(CO)CC1)C(=O)C1(O)CCC1. The molecule has 4 nitrogen and oxygen atoms in total. The van der Waals surface area contributed by atoms with E-state index < -0.39 is 5.60 Å². The second kappa shape index (κ2) is 3.46. The molecule has 0 bridgehead atoms. The molecule has 2 saturated carbocycles. The van der Waals surface area contributed by atoms with Gasteiger partial charge in [-0.15, -0.1) is 0 Å². The Kier molecular flexibility index (Phi) is 2.51. The largest absolute Gasteiger partial charge is 0.396 e. The van der Waals surface area contributed by atoms with Crippen LogP contribution in [0, 0.1) is 5.41 Å². The standard InChI is InChI=1S/C11H19NO3/c1-12(7-10(8-13)5-6-10)9(14)11(15)3-2-4-11/h13,15H,2-8H2,1H3. The normalized spacial score (nSPS) is 25.5. The fourth-order valence-electron chi connectivity index (χ4n) is 2.20. The maximum Gasteiger partial charge on any atom is 0.254 e. The molecule has 86 valence electrons. The van der Waals surface area contributed by atoms with Gasteiger partial charge in [0.1, 0.15) is 5.60 Å². The molecule has 2 N–H and O–H groups in total. The molecule has 2 aliphatic rings. The fourth-order valence-corrected chi connectivity index (χ4v) is 2.20. The first-order valence-electron chi connectivity index (χ1n) is 5.60. The van der Waals surface area contributed by atoms with Gasteiger partial charge in [-0.05, 0) is 32.1 Å². The summed E-state index contributed by atoms with van der Waals surface area (Å²) in [6, 6.07) is 0. The van der Waals surface area contributed by atoms with Crippen molar-refractivity contribution in [1.82, 2.24) is 4.90 Å². The molecule has 4 heteroatoms. The lowest BCUT2D eigenvalue weighted by molar-refractivity contribution is -0.159. The predicted octanol–water partition coefficient (Wildman–Crippen LogP) is 0.132. The number of rotatable bonds is 4. The number of likely N-dealkylation sites (N-methyl/N-ethyl adjacent to an activating group) is 1. The summed E-state index contributed by atoms with van der Waals surface area (Å²) in [5.74, 6) is -0.173. The van der Waals surface area contributed by atoms with E-state index in [0.29, 0.717) is 19.4 Å². The summed E-state index contributed by atoms with van der Waals surface area (Å²) in [5.41, 5.74) is -1.16. The second-order valence-corrected chi connectivity index (χ2v) is 5.20. The zero-order valence-corrected chi connectivity index (χ0v) is 9.20. The fraction of sp³-hybridized carbons (Fsp3) is 0.909. The molecular weight excluding hydrogens is 194 g/mol. The minimum Gasteiger partial charge on any atom is -0.396 e. The highest BCUT2D eigenvalue weighted by Gasteiger charge is 2.48. The van der Waals surface area contributed by atoms with Gasteiger partial charge in [0, 0.05) is 19.0 Å². The Balaban J connectivity index is 1.90. The van der Waals surface area contributed by atoms with Crippen molar-refractivity contribution in [2.45, 2.75) is 37.7 Å². The summed E-state index contributed by atoms with van der Waals surface area (Å²) in [7, 11) is 1.72. The van der Waals surface area contributed by atoms with Crippen molar-refractivity contribution in [3.8, 4) is 0 Å². The summed E-state index contributed by atoms with van der Waals surface area (Å²) in [6.07, 6.45) is 4.07. The van der Waals surface area contributed by atoms with E-state index in [4.69, 9.17) is 5.11 Å². The first-order valence-corrected chi connectivity index (χ1v) is 5.60. The molecular formula is C11H19NO3. The highest BCUT2D eigenvalue weighted by molar-refractivity contribution is 5.85. The van der Waals surface area contributed by atoms with E-state index in [1.807, 2.05) is 0 Å². The third-order valence-corrected chi connectivity index (χ3v) is 3.79. The van der Waals surface area contributed by atoms with Crippen LogP contribution in [0.2, 0.25) is 0 Å². The van der Waals surface area contributed by atoms with Crippen LogP contribution in [-0.4, -0.2) is 46.8 Å². The highest BCUT2D eigenvalue weighted by atomic mass is 16.3. The Bertz CT molecular complexity index is 269. The van der Waals surface area contributed by atoms with Crippen molar-refractivity contribution >= 4 is 5.91 Å². The summed E-state index contributed by atoms with van der Waals surface area (Å²) in [4.78, 5) is 13.4. The topological polar surface area (TPSA) is 60.8 Å². The predicted molar refractivity (Wildman–Crippen MR) is 55.2 cm³/mol. The van der Waals surface area contributed by atoms with Gasteiger partial charge in [0.25, 0.3) is 5.91 Å². The average Bonchev–Trinajstić information content (AvgIpc) is 2.93. The molecule has 2 fully saturated rings. The van der Waals surface area contributed by atoms with Crippen LogP contribution in [0.4, 0.5) is 0 Å². The number of aliphatic hydroxyl groups excluding tert-OH is 1. The molecule has 0 unspecified atom stereocenters. The molecule has 2 aliphatic carbocycles. The van der Waals surface area contributed by atoms with Crippen LogP contribution in [0.5, 0.6) is 0 Å². The number of hydrogen-bond donors (Lipinski definition) is 2. The minimum atomic E-state index is -1.10. The number of carbonyl (C=O) groups excluding carboxylic acids is 1. The van der Waals surface area contributed by atoms with Gasteiger partial charge in [0.05, 0.1) is 6.61 Å². The Hall–Kier alpha value is -0.610. The van der Waals surface area contributed by atoms with Gasteiger partial charge < -0.3 is 15.1 Å². The smallest absolute Gasteiger partial charge is 0.254 e. The molecule has 0 atom stereocenters. The van der Waals surface area contributed by atoms with Crippen molar-refractivity contribution in [2.24, 2.45) is 5.41 Å². The molecule has 0 heterocycles. The van der Waals surface area contributed by atoms with Crippen LogP contribution in [0.15, 0.2) is 0 Å². The Labute approximate surface area is 89.9 Å². The number of aliphatic hydroxyl groups is 2. The maximum atomic E-state index is 11.9. The first kappa shape index (κ1) is 10.9. The zero-order chi connectivity index (χ0) is 11.1. The van der Waals surface area contributed by atoms with Crippen LogP contribution in [-0.2, 0) is 4.79 Å². The first-order chi connectivity index (χ1) is 7.01. The average molecular weight is 213 g/mol. The minimum absolute atomic E-state index is 0.0650. The molecule has 15 heavy (non-hydrogen) atoms. The van der Waals surface area contributed by atoms with Crippen LogP contribution in [0.3, 0.4) is 0 Å². The Morgan fingerprint density at radius 1 is 1.33 bits per heavy atom. The molecule has 0 aromatic rings. The number of amides is 1. The molecule has 0 aromatic carbocycles. The van der Waals surface area contributed by atoms with Gasteiger partial charge >= 0.3 is 0 Å². The van der Waals surface area contributed by atoms with Crippen LogP contribution < -0.4 is 0 Å². The third kappa shape index (κ3) is 1.88. The number of hydrogen-bond acceptors (Lipinski definition) is 3. The Morgan fingerprint density at radius 3 is 2.27 bits per heavy atom. The van der Waals surface area contributed by atoms with Crippen LogP contribution in [0.25, 0.3) is 0 Å². The lowest BCUT2D eigenvalue weighted by atomic mass is 9.79. The molecule has 0 spiro atoms. The zero-order valence-electron chi connectivity index (χ0n) is 9.20. The van der Waals surface area contributed by atoms with E-state index in [1.165, 1.54) is 0 Å². The van der Waals surface area contributed by atoms with E-state index in [9.17, 15) is 9.90 Å². The monoisotopic (exact) mass is 213 g/mol. The van der Waals surface area contributed by atoms with Gasteiger partial charge in [-0.1, -0.05) is 0 Å². The van der Waals surface area contributed by atoms with Crippen molar-refractivity contribution < 1.29 is 15.0 Å².